The Bertz CT molecular complexity index is 786. The van der Waals surface area contributed by atoms with Crippen molar-refractivity contribution in [2.24, 2.45) is 0 Å². The molecule has 8 nitrogen and oxygen atoms in total. The molecule has 1 unspecified atom stereocenters. The molecule has 2 aliphatic rings. The largest absolute Gasteiger partial charge is 0.462 e. The lowest BCUT2D eigenvalue weighted by Crippen LogP contribution is -2.53. The molecule has 0 saturated carbocycles. The quantitative estimate of drug-likeness (QED) is 0.761. The maximum atomic E-state index is 12.3. The second kappa shape index (κ2) is 8.16. The molecule has 27 heavy (non-hydrogen) atoms. The van der Waals surface area contributed by atoms with Crippen molar-refractivity contribution in [3.63, 3.8) is 0 Å². The van der Waals surface area contributed by atoms with Gasteiger partial charge in [0.15, 0.2) is 9.84 Å². The molecule has 2 aliphatic heterocycles. The second-order valence-electron chi connectivity index (χ2n) is 6.79. The predicted molar refractivity (Wildman–Crippen MR) is 102 cm³/mol. The number of amides is 2. The molecule has 0 aromatic heterocycles. The summed E-state index contributed by atoms with van der Waals surface area (Å²) in [6.45, 7) is 4.59. The van der Waals surface area contributed by atoms with Crippen LogP contribution in [0, 0.1) is 0 Å². The van der Waals surface area contributed by atoms with E-state index in [1.165, 1.54) is 0 Å². The number of carbonyl (C=O) groups is 2. The average Bonchev–Trinajstić information content (AvgIpc) is 3.00. The molecule has 9 heteroatoms. The third kappa shape index (κ3) is 4.91. The predicted octanol–water partition coefficient (Wildman–Crippen LogP) is 0.882. The minimum Gasteiger partial charge on any atom is -0.462 e. The van der Waals surface area contributed by atoms with Crippen LogP contribution in [0.3, 0.4) is 0 Å². The van der Waals surface area contributed by atoms with Gasteiger partial charge in [0.1, 0.15) is 0 Å². The summed E-state index contributed by atoms with van der Waals surface area (Å²) in [5.74, 6) is -0.154. The summed E-state index contributed by atoms with van der Waals surface area (Å²) in [6.07, 6.45) is 0.487. The number of piperazine rings is 1. The fourth-order valence-electron chi connectivity index (χ4n) is 3.37. The van der Waals surface area contributed by atoms with E-state index < -0.39 is 9.84 Å². The lowest BCUT2D eigenvalue weighted by molar-refractivity contribution is 0.0526. The van der Waals surface area contributed by atoms with Crippen molar-refractivity contribution < 1.29 is 22.7 Å². The molecule has 148 valence electrons. The molecule has 2 fully saturated rings. The Morgan fingerprint density at radius 1 is 1.15 bits per heavy atom. The van der Waals surface area contributed by atoms with E-state index in [9.17, 15) is 18.0 Å². The summed E-state index contributed by atoms with van der Waals surface area (Å²) in [4.78, 5) is 27.9. The number of esters is 1. The monoisotopic (exact) mass is 395 g/mol. The minimum absolute atomic E-state index is 0.0333. The zero-order valence-corrected chi connectivity index (χ0v) is 16.2. The zero-order valence-electron chi connectivity index (χ0n) is 15.4. The number of benzene rings is 1. The normalized spacial score (nSPS) is 21.7. The topological polar surface area (TPSA) is 96.0 Å². The zero-order chi connectivity index (χ0) is 19.4. The van der Waals surface area contributed by atoms with Gasteiger partial charge in [-0.3, -0.25) is 0 Å². The molecule has 2 amide bonds. The van der Waals surface area contributed by atoms with Gasteiger partial charge in [-0.25, -0.2) is 18.0 Å². The molecule has 0 spiro atoms. The molecular weight excluding hydrogens is 370 g/mol. The molecule has 0 radical (unpaired) electrons. The minimum atomic E-state index is -3.00. The van der Waals surface area contributed by atoms with E-state index in [4.69, 9.17) is 4.74 Å². The van der Waals surface area contributed by atoms with Crippen molar-refractivity contribution >= 4 is 27.5 Å². The van der Waals surface area contributed by atoms with Gasteiger partial charge in [0.05, 0.1) is 23.7 Å². The van der Waals surface area contributed by atoms with E-state index in [0.717, 1.165) is 5.69 Å². The molecule has 3 rings (SSSR count). The summed E-state index contributed by atoms with van der Waals surface area (Å²) in [6, 6.07) is 6.77. The highest BCUT2D eigenvalue weighted by Crippen LogP contribution is 2.18. The number of ether oxygens (including phenoxy) is 1. The van der Waals surface area contributed by atoms with Crippen molar-refractivity contribution in [3.05, 3.63) is 29.8 Å². The smallest absolute Gasteiger partial charge is 0.338 e. The first-order chi connectivity index (χ1) is 12.9. The highest BCUT2D eigenvalue weighted by Gasteiger charge is 2.31. The van der Waals surface area contributed by atoms with E-state index >= 15 is 0 Å². The Kier molecular flexibility index (Phi) is 5.88. The first-order valence-corrected chi connectivity index (χ1v) is 11.0. The van der Waals surface area contributed by atoms with Crippen molar-refractivity contribution in [2.45, 2.75) is 19.4 Å². The summed E-state index contributed by atoms with van der Waals surface area (Å²) in [5.41, 5.74) is 1.51. The molecule has 0 aliphatic carbocycles. The molecule has 1 aromatic carbocycles. The first-order valence-electron chi connectivity index (χ1n) is 9.16. The second-order valence-corrected chi connectivity index (χ2v) is 9.02. The van der Waals surface area contributed by atoms with E-state index in [-0.39, 0.29) is 29.5 Å². The average molecular weight is 395 g/mol. The molecule has 1 aromatic rings. The highest BCUT2D eigenvalue weighted by atomic mass is 32.2. The van der Waals surface area contributed by atoms with Crippen LogP contribution in [0.5, 0.6) is 0 Å². The Morgan fingerprint density at radius 2 is 1.81 bits per heavy atom. The third-order valence-electron chi connectivity index (χ3n) is 4.87. The van der Waals surface area contributed by atoms with E-state index in [0.29, 0.717) is 44.8 Å². The van der Waals surface area contributed by atoms with Gasteiger partial charge in [-0.2, -0.15) is 0 Å². The van der Waals surface area contributed by atoms with Crippen molar-refractivity contribution in [1.29, 1.82) is 0 Å². The number of sulfone groups is 1. The number of anilines is 1. The van der Waals surface area contributed by atoms with Crippen molar-refractivity contribution in [2.75, 3.05) is 49.2 Å². The number of nitrogens with zero attached hydrogens (tertiary/aromatic N) is 2. The van der Waals surface area contributed by atoms with Crippen LogP contribution in [0.4, 0.5) is 10.5 Å². The fraction of sp³-hybridized carbons (Fsp3) is 0.556. The number of rotatable bonds is 4. The van der Waals surface area contributed by atoms with Gasteiger partial charge in [-0.15, -0.1) is 0 Å². The Labute approximate surface area is 159 Å². The number of carbonyl (C=O) groups excluding carboxylic acids is 2. The van der Waals surface area contributed by atoms with Crippen LogP contribution in [-0.4, -0.2) is 75.7 Å². The van der Waals surface area contributed by atoms with Gasteiger partial charge in [0.25, 0.3) is 0 Å². The van der Waals surface area contributed by atoms with Gasteiger partial charge in [-0.1, -0.05) is 0 Å². The maximum absolute atomic E-state index is 12.3. The SMILES string of the molecule is CCOC(=O)c1ccc(N2CCN(C(=O)NC3CCS(=O)(=O)C3)CC2)cc1. The molecule has 2 saturated heterocycles. The molecule has 2 heterocycles. The summed E-state index contributed by atoms with van der Waals surface area (Å²) < 4.78 is 28.0. The number of urea groups is 1. The van der Waals surface area contributed by atoms with Crippen LogP contribution >= 0.6 is 0 Å². The Morgan fingerprint density at radius 3 is 2.37 bits per heavy atom. The molecular formula is C18H25N3O5S. The third-order valence-corrected chi connectivity index (χ3v) is 6.64. The Balaban J connectivity index is 1.50. The van der Waals surface area contributed by atoms with E-state index in [1.807, 2.05) is 12.1 Å². The number of hydrogen-bond acceptors (Lipinski definition) is 6. The summed E-state index contributed by atoms with van der Waals surface area (Å²) in [5, 5.41) is 2.83. The maximum Gasteiger partial charge on any atom is 0.338 e. The molecule has 1 N–H and O–H groups in total. The van der Waals surface area contributed by atoms with Crippen LogP contribution in [0.2, 0.25) is 0 Å². The van der Waals surface area contributed by atoms with Gasteiger partial charge in [0.2, 0.25) is 0 Å². The van der Waals surface area contributed by atoms with Gasteiger partial charge >= 0.3 is 12.0 Å². The Hall–Kier alpha value is -2.29. The van der Waals surface area contributed by atoms with Crippen molar-refractivity contribution in [3.8, 4) is 0 Å². The summed E-state index contributed by atoms with van der Waals surface area (Å²) in [7, 11) is -3.00. The van der Waals surface area contributed by atoms with Crippen LogP contribution in [-0.2, 0) is 14.6 Å². The van der Waals surface area contributed by atoms with Crippen LogP contribution < -0.4 is 10.2 Å². The summed E-state index contributed by atoms with van der Waals surface area (Å²) >= 11 is 0. The molecule has 0 bridgehead atoms. The van der Waals surface area contributed by atoms with Crippen LogP contribution in [0.15, 0.2) is 24.3 Å². The molecule has 1 atom stereocenters. The highest BCUT2D eigenvalue weighted by molar-refractivity contribution is 7.91. The lowest BCUT2D eigenvalue weighted by Gasteiger charge is -2.36. The van der Waals surface area contributed by atoms with Crippen LogP contribution in [0.25, 0.3) is 0 Å². The van der Waals surface area contributed by atoms with Gasteiger partial charge in [-0.05, 0) is 37.6 Å². The van der Waals surface area contributed by atoms with E-state index in [2.05, 4.69) is 10.2 Å². The number of hydrogen-bond donors (Lipinski definition) is 1. The first kappa shape index (κ1) is 19.5. The van der Waals surface area contributed by atoms with Crippen molar-refractivity contribution in [1.82, 2.24) is 10.2 Å². The standard InChI is InChI=1S/C18H25N3O5S/c1-2-26-17(22)14-3-5-16(6-4-14)20-8-10-21(11-9-20)18(23)19-15-7-12-27(24,25)13-15/h3-6,15H,2,7-13H2,1H3,(H,19,23). The van der Waals surface area contributed by atoms with Crippen LogP contribution in [0.1, 0.15) is 23.7 Å². The van der Waals surface area contributed by atoms with Gasteiger partial charge in [0, 0.05) is 37.9 Å². The lowest BCUT2D eigenvalue weighted by atomic mass is 10.2. The van der Waals surface area contributed by atoms with Gasteiger partial charge < -0.3 is 19.9 Å². The number of nitrogens with one attached hydrogen (secondary N) is 1. The van der Waals surface area contributed by atoms with E-state index in [1.54, 1.807) is 24.0 Å². The fourth-order valence-corrected chi connectivity index (χ4v) is 5.04.